The monoisotopic (exact) mass is 480 g/mol. The molecule has 0 aliphatic rings. The van der Waals surface area contributed by atoms with Crippen molar-refractivity contribution in [1.29, 1.82) is 0 Å². The summed E-state index contributed by atoms with van der Waals surface area (Å²) in [5.74, 6) is 0.386. The second-order valence-corrected chi connectivity index (χ2v) is 9.32. The van der Waals surface area contributed by atoms with Crippen LogP contribution in [0.25, 0.3) is 0 Å². The van der Waals surface area contributed by atoms with E-state index in [0.29, 0.717) is 11.3 Å². The SMILES string of the molecule is COc1cc(OC)c(C(c2ccc(C(F)(F)F)cc2)S(=O)(=O)Cc2ccccc2)c(OC)c1. The first kappa shape index (κ1) is 24.4. The van der Waals surface area contributed by atoms with Crippen LogP contribution in [0.4, 0.5) is 13.2 Å². The first-order valence-electron chi connectivity index (χ1n) is 9.83. The Balaban J connectivity index is 2.24. The molecule has 0 N–H and O–H groups in total. The van der Waals surface area contributed by atoms with Crippen molar-refractivity contribution in [2.75, 3.05) is 21.3 Å². The summed E-state index contributed by atoms with van der Waals surface area (Å²) in [6.45, 7) is 0. The molecule has 0 fully saturated rings. The van der Waals surface area contributed by atoms with Crippen LogP contribution in [0.1, 0.15) is 27.5 Å². The summed E-state index contributed by atoms with van der Waals surface area (Å²) in [6.07, 6.45) is -4.55. The zero-order valence-corrected chi connectivity index (χ0v) is 19.0. The van der Waals surface area contributed by atoms with Crippen molar-refractivity contribution < 1.29 is 35.8 Å². The normalized spacial score (nSPS) is 12.8. The summed E-state index contributed by atoms with van der Waals surface area (Å²) in [5, 5.41) is -1.35. The average Bonchev–Trinajstić information content (AvgIpc) is 2.79. The quantitative estimate of drug-likeness (QED) is 0.430. The van der Waals surface area contributed by atoms with E-state index in [9.17, 15) is 21.6 Å². The highest BCUT2D eigenvalue weighted by Crippen LogP contribution is 2.45. The standard InChI is InChI=1S/C24H23F3O5S/c1-30-19-13-20(31-2)22(21(14-19)32-3)23(17-9-11-18(12-10-17)24(25,26)27)33(28,29)15-16-7-5-4-6-8-16/h4-14,23H,15H2,1-3H3. The van der Waals surface area contributed by atoms with Crippen molar-refractivity contribution in [3.05, 3.63) is 89.0 Å². The molecule has 0 aliphatic carbocycles. The summed E-state index contributed by atoms with van der Waals surface area (Å²) in [6, 6.07) is 15.6. The lowest BCUT2D eigenvalue weighted by atomic mass is 10.0. The molecule has 3 rings (SSSR count). The molecule has 1 unspecified atom stereocenters. The molecule has 0 heterocycles. The Morgan fingerprint density at radius 2 is 1.36 bits per heavy atom. The van der Waals surface area contributed by atoms with Crippen LogP contribution >= 0.6 is 0 Å². The molecule has 0 saturated heterocycles. The van der Waals surface area contributed by atoms with E-state index in [1.807, 2.05) is 0 Å². The van der Waals surface area contributed by atoms with Gasteiger partial charge in [-0.05, 0) is 23.3 Å². The minimum absolute atomic E-state index is 0.153. The predicted molar refractivity (Wildman–Crippen MR) is 118 cm³/mol. The predicted octanol–water partition coefficient (Wildman–Crippen LogP) is 5.44. The summed E-state index contributed by atoms with van der Waals surface area (Å²) >= 11 is 0. The van der Waals surface area contributed by atoms with Gasteiger partial charge in [0.25, 0.3) is 0 Å². The Hall–Kier alpha value is -3.20. The molecular weight excluding hydrogens is 457 g/mol. The third-order valence-electron chi connectivity index (χ3n) is 5.13. The topological polar surface area (TPSA) is 61.8 Å². The molecule has 9 heteroatoms. The van der Waals surface area contributed by atoms with Crippen molar-refractivity contribution in [2.45, 2.75) is 17.2 Å². The fourth-order valence-electron chi connectivity index (χ4n) is 3.58. The van der Waals surface area contributed by atoms with Crippen molar-refractivity contribution in [2.24, 2.45) is 0 Å². The first-order chi connectivity index (χ1) is 15.6. The third kappa shape index (κ3) is 5.42. The van der Waals surface area contributed by atoms with E-state index in [-0.39, 0.29) is 28.4 Å². The maximum absolute atomic E-state index is 13.7. The van der Waals surface area contributed by atoms with Crippen molar-refractivity contribution in [1.82, 2.24) is 0 Å². The maximum Gasteiger partial charge on any atom is 0.416 e. The van der Waals surface area contributed by atoms with Gasteiger partial charge in [0.15, 0.2) is 9.84 Å². The number of ether oxygens (including phenoxy) is 3. The number of alkyl halides is 3. The van der Waals surface area contributed by atoms with Gasteiger partial charge in [0.05, 0.1) is 38.2 Å². The fraction of sp³-hybridized carbons (Fsp3) is 0.250. The van der Waals surface area contributed by atoms with E-state index < -0.39 is 26.8 Å². The molecule has 33 heavy (non-hydrogen) atoms. The van der Waals surface area contributed by atoms with Gasteiger partial charge >= 0.3 is 6.18 Å². The number of sulfone groups is 1. The zero-order chi connectivity index (χ0) is 24.2. The second kappa shape index (κ2) is 9.74. The number of hydrogen-bond acceptors (Lipinski definition) is 5. The van der Waals surface area contributed by atoms with Crippen LogP contribution in [0, 0.1) is 0 Å². The van der Waals surface area contributed by atoms with Crippen molar-refractivity contribution >= 4 is 9.84 Å². The molecule has 0 radical (unpaired) electrons. The van der Waals surface area contributed by atoms with Gasteiger partial charge in [0.1, 0.15) is 22.5 Å². The summed E-state index contributed by atoms with van der Waals surface area (Å²) in [5.41, 5.74) is -0.00263. The molecule has 0 aromatic heterocycles. The highest BCUT2D eigenvalue weighted by molar-refractivity contribution is 7.91. The molecule has 3 aromatic rings. The smallest absolute Gasteiger partial charge is 0.416 e. The molecule has 0 spiro atoms. The van der Waals surface area contributed by atoms with E-state index >= 15 is 0 Å². The number of methoxy groups -OCH3 is 3. The van der Waals surface area contributed by atoms with Crippen LogP contribution in [0.15, 0.2) is 66.7 Å². The minimum Gasteiger partial charge on any atom is -0.496 e. The second-order valence-electron chi connectivity index (χ2n) is 7.24. The highest BCUT2D eigenvalue weighted by Gasteiger charge is 2.36. The van der Waals surface area contributed by atoms with Gasteiger partial charge in [-0.3, -0.25) is 0 Å². The summed E-state index contributed by atoms with van der Waals surface area (Å²) in [4.78, 5) is 0. The van der Waals surface area contributed by atoms with Crippen LogP contribution in [0.3, 0.4) is 0 Å². The van der Waals surface area contributed by atoms with E-state index in [2.05, 4.69) is 0 Å². The summed E-state index contributed by atoms with van der Waals surface area (Å²) in [7, 11) is 0.174. The lowest BCUT2D eigenvalue weighted by Gasteiger charge is -2.24. The van der Waals surface area contributed by atoms with Crippen LogP contribution in [-0.4, -0.2) is 29.7 Å². The molecule has 1 atom stereocenters. The largest absolute Gasteiger partial charge is 0.496 e. The molecule has 0 amide bonds. The first-order valence-corrected chi connectivity index (χ1v) is 11.5. The lowest BCUT2D eigenvalue weighted by Crippen LogP contribution is -2.19. The Morgan fingerprint density at radius 1 is 0.818 bits per heavy atom. The highest BCUT2D eigenvalue weighted by atomic mass is 32.2. The van der Waals surface area contributed by atoms with Crippen LogP contribution in [0.2, 0.25) is 0 Å². The molecule has 3 aromatic carbocycles. The maximum atomic E-state index is 13.7. The third-order valence-corrected chi connectivity index (χ3v) is 7.09. The van der Waals surface area contributed by atoms with Gasteiger partial charge in [-0.15, -0.1) is 0 Å². The van der Waals surface area contributed by atoms with Crippen LogP contribution in [0.5, 0.6) is 17.2 Å². The van der Waals surface area contributed by atoms with Crippen LogP contribution in [-0.2, 0) is 21.8 Å². The Bertz CT molecular complexity index is 1170. The van der Waals surface area contributed by atoms with Crippen molar-refractivity contribution in [3.8, 4) is 17.2 Å². The number of hydrogen-bond donors (Lipinski definition) is 0. The van der Waals surface area contributed by atoms with E-state index in [0.717, 1.165) is 12.1 Å². The minimum atomic E-state index is -4.55. The van der Waals surface area contributed by atoms with Gasteiger partial charge in [-0.1, -0.05) is 42.5 Å². The number of rotatable bonds is 8. The zero-order valence-electron chi connectivity index (χ0n) is 18.2. The molecule has 176 valence electrons. The van der Waals surface area contributed by atoms with E-state index in [4.69, 9.17) is 14.2 Å². The van der Waals surface area contributed by atoms with Gasteiger partial charge in [0, 0.05) is 12.1 Å². The van der Waals surface area contributed by atoms with Crippen LogP contribution < -0.4 is 14.2 Å². The molecule has 5 nitrogen and oxygen atoms in total. The van der Waals surface area contributed by atoms with Gasteiger partial charge in [-0.25, -0.2) is 8.42 Å². The summed E-state index contributed by atoms with van der Waals surface area (Å²) < 4.78 is 82.9. The average molecular weight is 481 g/mol. The van der Waals surface area contributed by atoms with E-state index in [1.165, 1.54) is 45.6 Å². The fourth-order valence-corrected chi connectivity index (χ4v) is 5.57. The van der Waals surface area contributed by atoms with Gasteiger partial charge < -0.3 is 14.2 Å². The Morgan fingerprint density at radius 3 is 1.82 bits per heavy atom. The molecule has 0 bridgehead atoms. The number of benzene rings is 3. The molecular formula is C24H23F3O5S. The Labute approximate surface area is 190 Å². The number of halogens is 3. The molecule has 0 aliphatic heterocycles. The molecule has 0 saturated carbocycles. The Kier molecular flexibility index (Phi) is 7.22. The van der Waals surface area contributed by atoms with Gasteiger partial charge in [0.2, 0.25) is 0 Å². The van der Waals surface area contributed by atoms with E-state index in [1.54, 1.807) is 30.3 Å². The van der Waals surface area contributed by atoms with Crippen molar-refractivity contribution in [3.63, 3.8) is 0 Å². The van der Waals surface area contributed by atoms with Gasteiger partial charge in [-0.2, -0.15) is 13.2 Å². The lowest BCUT2D eigenvalue weighted by molar-refractivity contribution is -0.137.